The van der Waals surface area contributed by atoms with Crippen molar-refractivity contribution in [1.29, 1.82) is 0 Å². The van der Waals surface area contributed by atoms with E-state index >= 15 is 0 Å². The molecule has 0 aliphatic carbocycles. The predicted molar refractivity (Wildman–Crippen MR) is 61.5 cm³/mol. The number of hydrogen-bond donors (Lipinski definition) is 1. The lowest BCUT2D eigenvalue weighted by Crippen LogP contribution is -2.04. The average molecular weight is 234 g/mol. The number of thiophene rings is 1. The zero-order valence-corrected chi connectivity index (χ0v) is 9.24. The maximum Gasteiger partial charge on any atom is 0.342 e. The molecular weight excluding hydrogens is 224 g/mol. The molecular formula is C12H10O3S. The predicted octanol–water partition coefficient (Wildman–Crippen LogP) is 2.81. The first-order chi connectivity index (χ1) is 7.77. The second kappa shape index (κ2) is 4.81. The van der Waals surface area contributed by atoms with Crippen molar-refractivity contribution in [1.82, 2.24) is 0 Å². The quantitative estimate of drug-likeness (QED) is 0.831. The summed E-state index contributed by atoms with van der Waals surface area (Å²) in [6.45, 7) is 0.241. The third-order valence-electron chi connectivity index (χ3n) is 2.05. The molecule has 4 heteroatoms. The van der Waals surface area contributed by atoms with Crippen LogP contribution < -0.4 is 0 Å². The van der Waals surface area contributed by atoms with Gasteiger partial charge in [-0.1, -0.05) is 18.2 Å². The lowest BCUT2D eigenvalue weighted by atomic mass is 10.2. The molecule has 0 unspecified atom stereocenters. The lowest BCUT2D eigenvalue weighted by molar-refractivity contribution is 0.0473. The van der Waals surface area contributed by atoms with Crippen LogP contribution >= 0.6 is 11.3 Å². The second-order valence-electron chi connectivity index (χ2n) is 3.17. The highest BCUT2D eigenvalue weighted by molar-refractivity contribution is 7.09. The van der Waals surface area contributed by atoms with Crippen LogP contribution in [0.3, 0.4) is 0 Å². The summed E-state index contributed by atoms with van der Waals surface area (Å²) in [5.41, 5.74) is 0.194. The fraction of sp³-hybridized carbons (Fsp3) is 0.0833. The first kappa shape index (κ1) is 10.7. The Hall–Kier alpha value is -1.81. The van der Waals surface area contributed by atoms with Gasteiger partial charge in [0.25, 0.3) is 0 Å². The maximum atomic E-state index is 11.6. The van der Waals surface area contributed by atoms with Gasteiger partial charge in [0, 0.05) is 4.88 Å². The smallest absolute Gasteiger partial charge is 0.342 e. The Morgan fingerprint density at radius 2 is 2.06 bits per heavy atom. The molecule has 0 aliphatic rings. The van der Waals surface area contributed by atoms with E-state index in [2.05, 4.69) is 0 Å². The van der Waals surface area contributed by atoms with Crippen molar-refractivity contribution >= 4 is 17.3 Å². The first-order valence-corrected chi connectivity index (χ1v) is 5.63. The molecule has 82 valence electrons. The molecule has 0 saturated carbocycles. The molecule has 1 heterocycles. The normalized spacial score (nSPS) is 10.0. The van der Waals surface area contributed by atoms with E-state index in [0.29, 0.717) is 0 Å². The topological polar surface area (TPSA) is 46.5 Å². The lowest BCUT2D eigenvalue weighted by Gasteiger charge is -2.04. The molecule has 3 nitrogen and oxygen atoms in total. The molecule has 0 atom stereocenters. The van der Waals surface area contributed by atoms with E-state index < -0.39 is 5.97 Å². The van der Waals surface area contributed by atoms with Gasteiger partial charge in [0.1, 0.15) is 17.9 Å². The summed E-state index contributed by atoms with van der Waals surface area (Å²) in [5.74, 6) is -0.565. The summed E-state index contributed by atoms with van der Waals surface area (Å²) < 4.78 is 5.06. The molecule has 0 radical (unpaired) electrons. The van der Waals surface area contributed by atoms with E-state index in [1.54, 1.807) is 12.1 Å². The van der Waals surface area contributed by atoms with Crippen LogP contribution in [0.5, 0.6) is 5.75 Å². The van der Waals surface area contributed by atoms with E-state index in [1.165, 1.54) is 23.5 Å². The summed E-state index contributed by atoms with van der Waals surface area (Å²) >= 11 is 1.52. The van der Waals surface area contributed by atoms with Gasteiger partial charge < -0.3 is 9.84 Å². The van der Waals surface area contributed by atoms with Gasteiger partial charge >= 0.3 is 5.97 Å². The molecule has 0 fully saturated rings. The molecule has 1 aromatic carbocycles. The Labute approximate surface area is 96.9 Å². The number of para-hydroxylation sites is 1. The number of phenolic OH excluding ortho intramolecular Hbond substituents is 1. The number of carbonyl (C=O) groups excluding carboxylic acids is 1. The van der Waals surface area contributed by atoms with Gasteiger partial charge in [-0.15, -0.1) is 11.3 Å². The number of aromatic hydroxyl groups is 1. The van der Waals surface area contributed by atoms with E-state index in [4.69, 9.17) is 4.74 Å². The minimum absolute atomic E-state index is 0.0568. The molecule has 0 aliphatic heterocycles. The zero-order chi connectivity index (χ0) is 11.4. The number of rotatable bonds is 3. The Kier molecular flexibility index (Phi) is 3.22. The molecule has 0 spiro atoms. The van der Waals surface area contributed by atoms with E-state index in [9.17, 15) is 9.90 Å². The summed E-state index contributed by atoms with van der Waals surface area (Å²) in [7, 11) is 0. The molecule has 2 aromatic rings. The van der Waals surface area contributed by atoms with Crippen LogP contribution in [0.1, 0.15) is 15.2 Å². The van der Waals surface area contributed by atoms with Crippen molar-refractivity contribution in [2.75, 3.05) is 0 Å². The summed E-state index contributed by atoms with van der Waals surface area (Å²) in [5, 5.41) is 11.4. The molecule has 0 amide bonds. The van der Waals surface area contributed by atoms with Gasteiger partial charge in [0.05, 0.1) is 0 Å². The van der Waals surface area contributed by atoms with Gasteiger partial charge in [-0.05, 0) is 23.6 Å². The van der Waals surface area contributed by atoms with Gasteiger partial charge in [0.15, 0.2) is 0 Å². The SMILES string of the molecule is O=C(OCc1cccs1)c1ccccc1O. The number of esters is 1. The van der Waals surface area contributed by atoms with Crippen LogP contribution in [0, 0.1) is 0 Å². The average Bonchev–Trinajstić information content (AvgIpc) is 2.79. The Morgan fingerprint density at radius 3 is 2.75 bits per heavy atom. The van der Waals surface area contributed by atoms with E-state index in [0.717, 1.165) is 4.88 Å². The van der Waals surface area contributed by atoms with Crippen LogP contribution in [0.15, 0.2) is 41.8 Å². The van der Waals surface area contributed by atoms with Crippen LogP contribution in [0.2, 0.25) is 0 Å². The number of benzene rings is 1. The van der Waals surface area contributed by atoms with Gasteiger partial charge in [0.2, 0.25) is 0 Å². The third kappa shape index (κ3) is 2.41. The summed E-state index contributed by atoms with van der Waals surface area (Å²) in [4.78, 5) is 12.6. The highest BCUT2D eigenvalue weighted by Gasteiger charge is 2.11. The van der Waals surface area contributed by atoms with Gasteiger partial charge in [-0.3, -0.25) is 0 Å². The molecule has 1 aromatic heterocycles. The standard InChI is InChI=1S/C12H10O3S/c13-11-6-2-1-5-10(11)12(14)15-8-9-4-3-7-16-9/h1-7,13H,8H2. The monoisotopic (exact) mass is 234 g/mol. The van der Waals surface area contributed by atoms with Crippen LogP contribution in [0.25, 0.3) is 0 Å². The molecule has 0 bridgehead atoms. The van der Waals surface area contributed by atoms with Crippen LogP contribution in [0.4, 0.5) is 0 Å². The fourth-order valence-corrected chi connectivity index (χ4v) is 1.87. The van der Waals surface area contributed by atoms with Gasteiger partial charge in [-0.25, -0.2) is 4.79 Å². The van der Waals surface area contributed by atoms with Crippen molar-refractivity contribution in [2.24, 2.45) is 0 Å². The van der Waals surface area contributed by atoms with Crippen molar-refractivity contribution in [3.8, 4) is 5.75 Å². The molecule has 2 rings (SSSR count). The number of carbonyl (C=O) groups is 1. The molecule has 16 heavy (non-hydrogen) atoms. The minimum atomic E-state index is -0.508. The highest BCUT2D eigenvalue weighted by atomic mass is 32.1. The highest BCUT2D eigenvalue weighted by Crippen LogP contribution is 2.18. The minimum Gasteiger partial charge on any atom is -0.507 e. The zero-order valence-electron chi connectivity index (χ0n) is 8.42. The fourth-order valence-electron chi connectivity index (χ4n) is 1.26. The van der Waals surface area contributed by atoms with Gasteiger partial charge in [-0.2, -0.15) is 0 Å². The number of phenols is 1. The number of ether oxygens (including phenoxy) is 1. The third-order valence-corrected chi connectivity index (χ3v) is 2.90. The van der Waals surface area contributed by atoms with Crippen molar-refractivity contribution < 1.29 is 14.6 Å². The molecule has 1 N–H and O–H groups in total. The van der Waals surface area contributed by atoms with Crippen molar-refractivity contribution in [2.45, 2.75) is 6.61 Å². The van der Waals surface area contributed by atoms with Crippen molar-refractivity contribution in [3.63, 3.8) is 0 Å². The Balaban J connectivity index is 2.01. The molecule has 0 saturated heterocycles. The largest absolute Gasteiger partial charge is 0.507 e. The van der Waals surface area contributed by atoms with Crippen LogP contribution in [-0.4, -0.2) is 11.1 Å². The van der Waals surface area contributed by atoms with Crippen molar-refractivity contribution in [3.05, 3.63) is 52.2 Å². The summed E-state index contributed by atoms with van der Waals surface area (Å²) in [6, 6.07) is 10.1. The van der Waals surface area contributed by atoms with E-state index in [1.807, 2.05) is 17.5 Å². The summed E-state index contributed by atoms with van der Waals surface area (Å²) in [6.07, 6.45) is 0. The number of hydrogen-bond acceptors (Lipinski definition) is 4. The maximum absolute atomic E-state index is 11.6. The Bertz CT molecular complexity index is 477. The van der Waals surface area contributed by atoms with E-state index in [-0.39, 0.29) is 17.9 Å². The Morgan fingerprint density at radius 1 is 1.25 bits per heavy atom. The second-order valence-corrected chi connectivity index (χ2v) is 4.20. The van der Waals surface area contributed by atoms with Crippen LogP contribution in [-0.2, 0) is 11.3 Å². The first-order valence-electron chi connectivity index (χ1n) is 4.75.